The highest BCUT2D eigenvalue weighted by molar-refractivity contribution is 5.78. The molecule has 0 spiro atoms. The number of benzene rings is 2. The predicted molar refractivity (Wildman–Crippen MR) is 105 cm³/mol. The van der Waals surface area contributed by atoms with E-state index < -0.39 is 0 Å². The topological polar surface area (TPSA) is 46.1 Å². The van der Waals surface area contributed by atoms with E-state index in [0.717, 1.165) is 25.1 Å². The van der Waals surface area contributed by atoms with Gasteiger partial charge in [-0.05, 0) is 24.0 Å². The molecule has 1 aliphatic heterocycles. The second-order valence-corrected chi connectivity index (χ2v) is 7.11. The number of amides is 1. The summed E-state index contributed by atoms with van der Waals surface area (Å²) < 4.78 is 0. The van der Waals surface area contributed by atoms with Crippen molar-refractivity contribution in [3.8, 4) is 0 Å². The van der Waals surface area contributed by atoms with Crippen molar-refractivity contribution in [1.82, 2.24) is 14.9 Å². The Hall–Kier alpha value is -3.01. The van der Waals surface area contributed by atoms with Crippen LogP contribution in [0, 0.1) is 0 Å². The summed E-state index contributed by atoms with van der Waals surface area (Å²) in [6, 6.07) is 21.2. The number of carbonyl (C=O) groups is 1. The van der Waals surface area contributed by atoms with Gasteiger partial charge in [0.1, 0.15) is 0 Å². The van der Waals surface area contributed by atoms with Gasteiger partial charge in [-0.1, -0.05) is 60.7 Å². The van der Waals surface area contributed by atoms with Crippen molar-refractivity contribution in [3.63, 3.8) is 0 Å². The second-order valence-electron chi connectivity index (χ2n) is 7.11. The molecule has 4 nitrogen and oxygen atoms in total. The fourth-order valence-electron chi connectivity index (χ4n) is 4.11. The molecular formula is C23H23N3O. The minimum atomic E-state index is -0.168. The molecule has 1 aromatic heterocycles. The zero-order valence-electron chi connectivity index (χ0n) is 15.3. The summed E-state index contributed by atoms with van der Waals surface area (Å²) in [5.74, 6) is 0.117. The third kappa shape index (κ3) is 3.61. The van der Waals surface area contributed by atoms with E-state index in [2.05, 4.69) is 58.5 Å². The molecule has 0 radical (unpaired) electrons. The smallest absolute Gasteiger partial charge is 0.228 e. The lowest BCUT2D eigenvalue weighted by molar-refractivity contribution is -0.132. The Kier molecular flexibility index (Phi) is 4.97. The first-order valence-electron chi connectivity index (χ1n) is 9.42. The van der Waals surface area contributed by atoms with E-state index in [1.165, 1.54) is 11.1 Å². The van der Waals surface area contributed by atoms with Crippen molar-refractivity contribution in [2.24, 2.45) is 0 Å². The maximum absolute atomic E-state index is 13.0. The standard InChI is InChI=1S/C23H23N3O/c27-22(16-21-17-24-13-14-25-21)26-15-7-12-23(18-26,19-8-3-1-4-9-19)20-10-5-2-6-11-20/h1-6,8-11,13-14,17H,7,12,15-16,18H2. The Morgan fingerprint density at radius 1 is 0.963 bits per heavy atom. The maximum Gasteiger partial charge on any atom is 0.228 e. The monoisotopic (exact) mass is 357 g/mol. The van der Waals surface area contributed by atoms with Crippen LogP contribution in [0.4, 0.5) is 0 Å². The lowest BCUT2D eigenvalue weighted by Crippen LogP contribution is -2.49. The van der Waals surface area contributed by atoms with Gasteiger partial charge in [-0.2, -0.15) is 0 Å². The highest BCUT2D eigenvalue weighted by Crippen LogP contribution is 2.40. The number of aromatic nitrogens is 2. The first-order valence-corrected chi connectivity index (χ1v) is 9.42. The van der Waals surface area contributed by atoms with Crippen LogP contribution < -0.4 is 0 Å². The number of carbonyl (C=O) groups excluding carboxylic acids is 1. The molecule has 4 heteroatoms. The molecule has 1 aliphatic rings. The predicted octanol–water partition coefficient (Wildman–Crippen LogP) is 3.63. The normalized spacial score (nSPS) is 16.1. The molecule has 2 heterocycles. The molecule has 0 unspecified atom stereocenters. The van der Waals surface area contributed by atoms with E-state index in [-0.39, 0.29) is 11.3 Å². The van der Waals surface area contributed by atoms with Crippen molar-refractivity contribution in [3.05, 3.63) is 96.1 Å². The van der Waals surface area contributed by atoms with Gasteiger partial charge in [0.15, 0.2) is 0 Å². The first-order chi connectivity index (χ1) is 13.3. The van der Waals surface area contributed by atoms with E-state index in [0.29, 0.717) is 13.0 Å². The third-order valence-electron chi connectivity index (χ3n) is 5.45. The molecule has 136 valence electrons. The van der Waals surface area contributed by atoms with Gasteiger partial charge in [-0.15, -0.1) is 0 Å². The summed E-state index contributed by atoms with van der Waals surface area (Å²) in [6.45, 7) is 1.49. The Labute approximate surface area is 159 Å². The lowest BCUT2D eigenvalue weighted by atomic mass is 9.69. The maximum atomic E-state index is 13.0. The Balaban J connectivity index is 1.65. The SMILES string of the molecule is O=C(Cc1cnccn1)N1CCCC(c2ccccc2)(c2ccccc2)C1. The first kappa shape index (κ1) is 17.4. The summed E-state index contributed by atoms with van der Waals surface area (Å²) in [5, 5.41) is 0. The minimum absolute atomic E-state index is 0.117. The second kappa shape index (κ2) is 7.70. The van der Waals surface area contributed by atoms with Gasteiger partial charge in [-0.25, -0.2) is 0 Å². The number of hydrogen-bond donors (Lipinski definition) is 0. The number of rotatable bonds is 4. The Morgan fingerprint density at radius 3 is 2.22 bits per heavy atom. The van der Waals surface area contributed by atoms with Crippen LogP contribution in [0.5, 0.6) is 0 Å². The van der Waals surface area contributed by atoms with E-state index in [1.54, 1.807) is 18.6 Å². The Bertz CT molecular complexity index is 842. The number of piperidine rings is 1. The van der Waals surface area contributed by atoms with Crippen molar-refractivity contribution in [2.45, 2.75) is 24.7 Å². The summed E-state index contributed by atoms with van der Waals surface area (Å²) in [5.41, 5.74) is 3.10. The van der Waals surface area contributed by atoms with Gasteiger partial charge in [0.25, 0.3) is 0 Å². The van der Waals surface area contributed by atoms with Crippen molar-refractivity contribution in [1.29, 1.82) is 0 Å². The van der Waals surface area contributed by atoms with Crippen molar-refractivity contribution in [2.75, 3.05) is 13.1 Å². The van der Waals surface area contributed by atoms with Crippen LogP contribution in [0.1, 0.15) is 29.7 Å². The molecular weight excluding hydrogens is 334 g/mol. The molecule has 3 aromatic rings. The summed E-state index contributed by atoms with van der Waals surface area (Å²) >= 11 is 0. The average Bonchev–Trinajstić information content (AvgIpc) is 2.76. The van der Waals surface area contributed by atoms with Gasteiger partial charge in [0.05, 0.1) is 12.1 Å². The van der Waals surface area contributed by atoms with E-state index in [9.17, 15) is 4.79 Å². The molecule has 0 saturated carbocycles. The molecule has 2 aromatic carbocycles. The number of likely N-dealkylation sites (tertiary alicyclic amines) is 1. The molecule has 0 N–H and O–H groups in total. The van der Waals surface area contributed by atoms with Gasteiger partial charge in [-0.3, -0.25) is 14.8 Å². The van der Waals surface area contributed by atoms with Crippen molar-refractivity contribution >= 4 is 5.91 Å². The van der Waals surface area contributed by atoms with Crippen LogP contribution >= 0.6 is 0 Å². The molecule has 4 rings (SSSR count). The van der Waals surface area contributed by atoms with Crippen molar-refractivity contribution < 1.29 is 4.79 Å². The van der Waals surface area contributed by atoms with E-state index in [4.69, 9.17) is 0 Å². The third-order valence-corrected chi connectivity index (χ3v) is 5.45. The highest BCUT2D eigenvalue weighted by atomic mass is 16.2. The highest BCUT2D eigenvalue weighted by Gasteiger charge is 2.39. The summed E-state index contributed by atoms with van der Waals surface area (Å²) in [6.07, 6.45) is 7.25. The van der Waals surface area contributed by atoms with Crippen LogP contribution in [0.25, 0.3) is 0 Å². The van der Waals surface area contributed by atoms with Gasteiger partial charge in [0, 0.05) is 37.1 Å². The average molecular weight is 357 g/mol. The zero-order chi connectivity index (χ0) is 18.5. The number of hydrogen-bond acceptors (Lipinski definition) is 3. The Morgan fingerprint density at radius 2 is 1.63 bits per heavy atom. The molecule has 1 saturated heterocycles. The quantitative estimate of drug-likeness (QED) is 0.716. The molecule has 27 heavy (non-hydrogen) atoms. The van der Waals surface area contributed by atoms with Gasteiger partial charge < -0.3 is 4.90 Å². The summed E-state index contributed by atoms with van der Waals surface area (Å²) in [7, 11) is 0. The van der Waals surface area contributed by atoms with E-state index >= 15 is 0 Å². The molecule has 1 fully saturated rings. The lowest BCUT2D eigenvalue weighted by Gasteiger charge is -2.44. The van der Waals surface area contributed by atoms with E-state index in [1.807, 2.05) is 17.0 Å². The fourth-order valence-corrected chi connectivity index (χ4v) is 4.11. The largest absolute Gasteiger partial charge is 0.341 e. The molecule has 0 atom stereocenters. The van der Waals surface area contributed by atoms with Crippen LogP contribution in [-0.4, -0.2) is 33.9 Å². The van der Waals surface area contributed by atoms with Crippen LogP contribution in [0.3, 0.4) is 0 Å². The molecule has 0 aliphatic carbocycles. The number of nitrogens with zero attached hydrogens (tertiary/aromatic N) is 3. The molecule has 1 amide bonds. The summed E-state index contributed by atoms with van der Waals surface area (Å²) in [4.78, 5) is 23.3. The molecule has 0 bridgehead atoms. The van der Waals surface area contributed by atoms with Crippen LogP contribution in [0.2, 0.25) is 0 Å². The van der Waals surface area contributed by atoms with Gasteiger partial charge >= 0.3 is 0 Å². The fraction of sp³-hybridized carbons (Fsp3) is 0.261. The minimum Gasteiger partial charge on any atom is -0.341 e. The van der Waals surface area contributed by atoms with Gasteiger partial charge in [0.2, 0.25) is 5.91 Å². The van der Waals surface area contributed by atoms with Crippen LogP contribution in [-0.2, 0) is 16.6 Å². The zero-order valence-corrected chi connectivity index (χ0v) is 15.3. The van der Waals surface area contributed by atoms with Crippen LogP contribution in [0.15, 0.2) is 79.3 Å².